The van der Waals surface area contributed by atoms with Gasteiger partial charge in [0, 0.05) is 5.39 Å². The number of carbonyl (C=O) groups is 1. The number of nitrogens with zero attached hydrogens (tertiary/aromatic N) is 1. The molecule has 0 saturated carbocycles. The summed E-state index contributed by atoms with van der Waals surface area (Å²) in [6.45, 7) is -0.333. The van der Waals surface area contributed by atoms with Crippen molar-refractivity contribution in [3.05, 3.63) is 58.5 Å². The smallest absolute Gasteiger partial charge is 0.323 e. The molecule has 1 heterocycles. The van der Waals surface area contributed by atoms with E-state index >= 15 is 0 Å². The zero-order valence-corrected chi connectivity index (χ0v) is 10.3. The number of aromatic nitrogens is 1. The van der Waals surface area contributed by atoms with Crippen molar-refractivity contribution in [2.75, 3.05) is 0 Å². The van der Waals surface area contributed by atoms with E-state index in [1.54, 1.807) is 30.3 Å². The van der Waals surface area contributed by atoms with Gasteiger partial charge >= 0.3 is 5.97 Å². The quantitative estimate of drug-likeness (QED) is 0.728. The molecular weight excluding hydrogens is 261 g/mol. The third-order valence-electron chi connectivity index (χ3n) is 3.24. The minimum Gasteiger partial charge on any atom is -0.480 e. The van der Waals surface area contributed by atoms with Crippen LogP contribution in [0.3, 0.4) is 0 Å². The summed E-state index contributed by atoms with van der Waals surface area (Å²) in [4.78, 5) is 23.4. The highest BCUT2D eigenvalue weighted by Gasteiger charge is 2.14. The van der Waals surface area contributed by atoms with Crippen molar-refractivity contribution >= 4 is 27.8 Å². The molecule has 1 aromatic heterocycles. The number of fused-ring (bicyclic) bond motifs is 2. The van der Waals surface area contributed by atoms with Crippen molar-refractivity contribution in [1.82, 2.24) is 4.57 Å². The van der Waals surface area contributed by atoms with Crippen LogP contribution in [0.4, 0.5) is 4.39 Å². The van der Waals surface area contributed by atoms with Crippen molar-refractivity contribution < 1.29 is 14.3 Å². The van der Waals surface area contributed by atoms with Crippen LogP contribution in [-0.2, 0) is 11.3 Å². The van der Waals surface area contributed by atoms with Crippen LogP contribution < -0.4 is 5.43 Å². The molecule has 4 nitrogen and oxygen atoms in total. The summed E-state index contributed by atoms with van der Waals surface area (Å²) in [5.41, 5.74) is 0.351. The zero-order valence-electron chi connectivity index (χ0n) is 10.3. The van der Waals surface area contributed by atoms with Crippen molar-refractivity contribution in [2.24, 2.45) is 0 Å². The largest absolute Gasteiger partial charge is 0.480 e. The van der Waals surface area contributed by atoms with E-state index in [9.17, 15) is 14.0 Å². The zero-order chi connectivity index (χ0) is 14.3. The van der Waals surface area contributed by atoms with Crippen LogP contribution >= 0.6 is 0 Å². The number of aliphatic carboxylic acids is 1. The van der Waals surface area contributed by atoms with E-state index in [4.69, 9.17) is 5.11 Å². The summed E-state index contributed by atoms with van der Waals surface area (Å²) in [5.74, 6) is -1.69. The Morgan fingerprint density at radius 1 is 1.10 bits per heavy atom. The fourth-order valence-corrected chi connectivity index (χ4v) is 2.43. The van der Waals surface area contributed by atoms with Gasteiger partial charge in [0.1, 0.15) is 12.4 Å². The molecule has 0 saturated heterocycles. The van der Waals surface area contributed by atoms with Gasteiger partial charge in [0.15, 0.2) is 5.43 Å². The first-order chi connectivity index (χ1) is 9.59. The number of hydrogen-bond donors (Lipinski definition) is 1. The van der Waals surface area contributed by atoms with Crippen LogP contribution in [0.1, 0.15) is 0 Å². The minimum atomic E-state index is -1.05. The predicted molar refractivity (Wildman–Crippen MR) is 73.3 cm³/mol. The van der Waals surface area contributed by atoms with Gasteiger partial charge in [-0.25, -0.2) is 4.39 Å². The number of carboxylic acids is 1. The molecule has 0 aliphatic heterocycles. The van der Waals surface area contributed by atoms with E-state index in [0.717, 1.165) is 0 Å². The van der Waals surface area contributed by atoms with Crippen molar-refractivity contribution in [2.45, 2.75) is 6.54 Å². The Hall–Kier alpha value is -2.69. The maximum Gasteiger partial charge on any atom is 0.323 e. The molecule has 20 heavy (non-hydrogen) atoms. The van der Waals surface area contributed by atoms with Crippen molar-refractivity contribution in [1.29, 1.82) is 0 Å². The lowest BCUT2D eigenvalue weighted by Crippen LogP contribution is -2.16. The molecule has 100 valence electrons. The number of carboxylic acid groups (broad SMARTS) is 1. The third kappa shape index (κ3) is 1.75. The Morgan fingerprint density at radius 3 is 2.55 bits per heavy atom. The predicted octanol–water partition coefficient (Wildman–Crippen LogP) is 2.38. The first-order valence-electron chi connectivity index (χ1n) is 6.01. The van der Waals surface area contributed by atoms with Gasteiger partial charge in [0.25, 0.3) is 0 Å². The van der Waals surface area contributed by atoms with E-state index in [1.165, 1.54) is 16.7 Å². The second kappa shape index (κ2) is 4.45. The number of pyridine rings is 1. The molecule has 3 aromatic rings. The van der Waals surface area contributed by atoms with Gasteiger partial charge in [-0.2, -0.15) is 0 Å². The number of rotatable bonds is 2. The van der Waals surface area contributed by atoms with Crippen LogP contribution in [-0.4, -0.2) is 15.6 Å². The van der Waals surface area contributed by atoms with Gasteiger partial charge in [-0.3, -0.25) is 9.59 Å². The molecule has 0 aliphatic carbocycles. The molecule has 0 amide bonds. The SMILES string of the molecule is O=C(O)Cn1c2ccccc2c(=O)c2c(F)cccc21. The average Bonchev–Trinajstić information content (AvgIpc) is 2.43. The molecule has 0 aliphatic rings. The van der Waals surface area contributed by atoms with Gasteiger partial charge in [0.2, 0.25) is 0 Å². The highest BCUT2D eigenvalue weighted by atomic mass is 19.1. The highest BCUT2D eigenvalue weighted by molar-refractivity contribution is 5.94. The first-order valence-corrected chi connectivity index (χ1v) is 6.01. The molecule has 3 rings (SSSR count). The third-order valence-corrected chi connectivity index (χ3v) is 3.24. The fraction of sp³-hybridized carbons (Fsp3) is 0.0667. The maximum absolute atomic E-state index is 13.9. The number of halogens is 1. The Labute approximate surface area is 112 Å². The summed E-state index contributed by atoms with van der Waals surface area (Å²) in [5, 5.41) is 9.27. The molecule has 5 heteroatoms. The Kier molecular flexibility index (Phi) is 2.75. The second-order valence-corrected chi connectivity index (χ2v) is 4.46. The summed E-state index contributed by atoms with van der Waals surface area (Å²) < 4.78 is 15.4. The Morgan fingerprint density at radius 2 is 1.80 bits per heavy atom. The van der Waals surface area contributed by atoms with E-state index in [2.05, 4.69) is 0 Å². The number of benzene rings is 2. The van der Waals surface area contributed by atoms with Crippen LogP contribution in [0.5, 0.6) is 0 Å². The van der Waals surface area contributed by atoms with Gasteiger partial charge < -0.3 is 9.67 Å². The molecule has 0 atom stereocenters. The standard InChI is InChI=1S/C15H10FNO3/c16-10-5-3-7-12-14(10)15(20)9-4-1-2-6-11(9)17(12)8-13(18)19/h1-7H,8H2,(H,18,19). The van der Waals surface area contributed by atoms with E-state index in [0.29, 0.717) is 10.9 Å². The van der Waals surface area contributed by atoms with Gasteiger partial charge in [0.05, 0.1) is 16.4 Å². The lowest BCUT2D eigenvalue weighted by molar-refractivity contribution is -0.137. The van der Waals surface area contributed by atoms with E-state index < -0.39 is 17.2 Å². The van der Waals surface area contributed by atoms with Gasteiger partial charge in [-0.15, -0.1) is 0 Å². The van der Waals surface area contributed by atoms with Crippen molar-refractivity contribution in [3.8, 4) is 0 Å². The summed E-state index contributed by atoms with van der Waals surface area (Å²) in [6.07, 6.45) is 0. The topological polar surface area (TPSA) is 59.3 Å². The van der Waals surface area contributed by atoms with Crippen molar-refractivity contribution in [3.63, 3.8) is 0 Å². The minimum absolute atomic E-state index is 0.0764. The summed E-state index contributed by atoms with van der Waals surface area (Å²) >= 11 is 0. The molecule has 0 radical (unpaired) electrons. The number of para-hydroxylation sites is 1. The van der Waals surface area contributed by atoms with Gasteiger partial charge in [-0.1, -0.05) is 18.2 Å². The molecule has 2 aromatic carbocycles. The Bertz CT molecular complexity index is 899. The summed E-state index contributed by atoms with van der Waals surface area (Å²) in [7, 11) is 0. The Balaban J connectivity index is 2.60. The first kappa shape index (κ1) is 12.3. The maximum atomic E-state index is 13.9. The van der Waals surface area contributed by atoms with Crippen LogP contribution in [0.25, 0.3) is 21.8 Å². The lowest BCUT2D eigenvalue weighted by atomic mass is 10.1. The van der Waals surface area contributed by atoms with E-state index in [1.807, 2.05) is 0 Å². The summed E-state index contributed by atoms with van der Waals surface area (Å²) in [6, 6.07) is 10.8. The van der Waals surface area contributed by atoms with Crippen LogP contribution in [0.15, 0.2) is 47.3 Å². The second-order valence-electron chi connectivity index (χ2n) is 4.46. The normalized spacial score (nSPS) is 11.1. The molecule has 0 spiro atoms. The number of hydrogen-bond acceptors (Lipinski definition) is 2. The van der Waals surface area contributed by atoms with Crippen LogP contribution in [0, 0.1) is 5.82 Å². The molecule has 0 fully saturated rings. The molecular formula is C15H10FNO3. The monoisotopic (exact) mass is 271 g/mol. The molecule has 1 N–H and O–H groups in total. The molecule has 0 bridgehead atoms. The molecule has 0 unspecified atom stereocenters. The fourth-order valence-electron chi connectivity index (χ4n) is 2.43. The van der Waals surface area contributed by atoms with Crippen LogP contribution in [0.2, 0.25) is 0 Å². The average molecular weight is 271 g/mol. The highest BCUT2D eigenvalue weighted by Crippen LogP contribution is 2.21. The lowest BCUT2D eigenvalue weighted by Gasteiger charge is -2.13. The van der Waals surface area contributed by atoms with E-state index in [-0.39, 0.29) is 17.4 Å². The van der Waals surface area contributed by atoms with Gasteiger partial charge in [-0.05, 0) is 24.3 Å².